The summed E-state index contributed by atoms with van der Waals surface area (Å²) in [7, 11) is 0. The molecular weight excluding hydrogens is 168 g/mol. The maximum atomic E-state index is 10.9. The molecule has 0 heterocycles. The Balaban J connectivity index is 3.37. The summed E-state index contributed by atoms with van der Waals surface area (Å²) in [6.45, 7) is 9.29. The van der Waals surface area contributed by atoms with Gasteiger partial charge in [-0.3, -0.25) is 0 Å². The van der Waals surface area contributed by atoms with Gasteiger partial charge in [-0.05, 0) is 18.8 Å². The highest BCUT2D eigenvalue weighted by atomic mass is 16.6. The number of hydrogen-bond donors (Lipinski definition) is 0. The topological polar surface area (TPSA) is 35.5 Å². The average molecular weight is 188 g/mol. The highest BCUT2D eigenvalue weighted by Gasteiger charge is 2.11. The van der Waals surface area contributed by atoms with Gasteiger partial charge in [-0.1, -0.05) is 20.8 Å². The van der Waals surface area contributed by atoms with Gasteiger partial charge in [-0.2, -0.15) is 0 Å². The Hall–Kier alpha value is -0.570. The molecule has 0 aliphatic heterocycles. The van der Waals surface area contributed by atoms with Gasteiger partial charge >= 0.3 is 5.97 Å². The first-order valence-corrected chi connectivity index (χ1v) is 4.69. The fraction of sp³-hybridized carbons (Fsp3) is 0.900. The van der Waals surface area contributed by atoms with Crippen LogP contribution in [0.25, 0.3) is 0 Å². The van der Waals surface area contributed by atoms with Gasteiger partial charge in [0.2, 0.25) is 0 Å². The third-order valence-electron chi connectivity index (χ3n) is 1.54. The molecule has 0 aliphatic carbocycles. The van der Waals surface area contributed by atoms with Crippen LogP contribution in [0.4, 0.5) is 0 Å². The lowest BCUT2D eigenvalue weighted by atomic mass is 9.93. The van der Waals surface area contributed by atoms with E-state index in [4.69, 9.17) is 9.47 Å². The molecule has 0 spiro atoms. The quantitative estimate of drug-likeness (QED) is 0.619. The molecule has 0 amide bonds. The van der Waals surface area contributed by atoms with E-state index in [1.807, 2.05) is 6.92 Å². The lowest BCUT2D eigenvalue weighted by Gasteiger charge is -2.17. The molecule has 0 aromatic heterocycles. The van der Waals surface area contributed by atoms with E-state index in [1.165, 1.54) is 0 Å². The Morgan fingerprint density at radius 2 is 1.92 bits per heavy atom. The first-order valence-electron chi connectivity index (χ1n) is 4.69. The van der Waals surface area contributed by atoms with Gasteiger partial charge in [0.1, 0.15) is 6.61 Å². The molecule has 3 nitrogen and oxygen atoms in total. The van der Waals surface area contributed by atoms with Crippen LogP contribution in [0.2, 0.25) is 0 Å². The number of hydrogen-bond acceptors (Lipinski definition) is 3. The molecule has 0 aliphatic rings. The number of esters is 1. The van der Waals surface area contributed by atoms with Gasteiger partial charge in [0, 0.05) is 6.61 Å². The maximum Gasteiger partial charge on any atom is 0.332 e. The summed E-state index contributed by atoms with van der Waals surface area (Å²) >= 11 is 0. The van der Waals surface area contributed by atoms with E-state index in [9.17, 15) is 4.79 Å². The standard InChI is InChI=1S/C10H20O3/c1-5-12-8-9(11)13-7-6-10(2,3)4/h5-8H2,1-4H3. The van der Waals surface area contributed by atoms with Crippen molar-refractivity contribution in [3.8, 4) is 0 Å². The summed E-state index contributed by atoms with van der Waals surface area (Å²) in [6.07, 6.45) is 0.880. The summed E-state index contributed by atoms with van der Waals surface area (Å²) in [5.74, 6) is -0.272. The summed E-state index contributed by atoms with van der Waals surface area (Å²) < 4.78 is 9.86. The van der Waals surface area contributed by atoms with E-state index in [1.54, 1.807) is 0 Å². The van der Waals surface area contributed by atoms with Gasteiger partial charge in [-0.15, -0.1) is 0 Å². The summed E-state index contributed by atoms with van der Waals surface area (Å²) in [5, 5.41) is 0. The minimum Gasteiger partial charge on any atom is -0.464 e. The van der Waals surface area contributed by atoms with Crippen molar-refractivity contribution in [2.75, 3.05) is 19.8 Å². The van der Waals surface area contributed by atoms with Crippen molar-refractivity contribution >= 4 is 5.97 Å². The van der Waals surface area contributed by atoms with E-state index in [2.05, 4.69) is 20.8 Å². The molecule has 3 heteroatoms. The Bertz CT molecular complexity index is 147. The van der Waals surface area contributed by atoms with Crippen molar-refractivity contribution in [1.29, 1.82) is 0 Å². The van der Waals surface area contributed by atoms with Crippen LogP contribution >= 0.6 is 0 Å². The minimum atomic E-state index is -0.272. The number of ether oxygens (including phenoxy) is 2. The zero-order valence-corrected chi connectivity index (χ0v) is 9.05. The zero-order valence-electron chi connectivity index (χ0n) is 9.05. The van der Waals surface area contributed by atoms with Crippen LogP contribution in [0, 0.1) is 5.41 Å². The molecule has 0 N–H and O–H groups in total. The van der Waals surface area contributed by atoms with E-state index < -0.39 is 0 Å². The van der Waals surface area contributed by atoms with Crippen molar-refractivity contribution in [1.82, 2.24) is 0 Å². The monoisotopic (exact) mass is 188 g/mol. The van der Waals surface area contributed by atoms with Crippen molar-refractivity contribution in [3.05, 3.63) is 0 Å². The van der Waals surface area contributed by atoms with Gasteiger partial charge in [0.05, 0.1) is 6.61 Å². The van der Waals surface area contributed by atoms with Gasteiger partial charge in [-0.25, -0.2) is 4.79 Å². The normalized spacial score (nSPS) is 11.4. The van der Waals surface area contributed by atoms with Gasteiger partial charge < -0.3 is 9.47 Å². The predicted molar refractivity (Wildman–Crippen MR) is 51.5 cm³/mol. The third kappa shape index (κ3) is 9.34. The maximum absolute atomic E-state index is 10.9. The van der Waals surface area contributed by atoms with Crippen molar-refractivity contribution in [2.24, 2.45) is 5.41 Å². The van der Waals surface area contributed by atoms with Gasteiger partial charge in [0.25, 0.3) is 0 Å². The average Bonchev–Trinajstić information content (AvgIpc) is 1.98. The van der Waals surface area contributed by atoms with E-state index in [0.29, 0.717) is 13.2 Å². The largest absolute Gasteiger partial charge is 0.464 e. The number of carbonyl (C=O) groups is 1. The molecule has 13 heavy (non-hydrogen) atoms. The number of carbonyl (C=O) groups excluding carboxylic acids is 1. The highest BCUT2D eigenvalue weighted by molar-refractivity contribution is 5.70. The van der Waals surface area contributed by atoms with Crippen LogP contribution in [0.15, 0.2) is 0 Å². The number of rotatable bonds is 5. The molecular formula is C10H20O3. The Kier molecular flexibility index (Phi) is 5.71. The van der Waals surface area contributed by atoms with Crippen molar-refractivity contribution in [3.63, 3.8) is 0 Å². The minimum absolute atomic E-state index is 0.0701. The molecule has 0 bridgehead atoms. The van der Waals surface area contributed by atoms with E-state index >= 15 is 0 Å². The predicted octanol–water partition coefficient (Wildman–Crippen LogP) is 2.00. The van der Waals surface area contributed by atoms with Crippen LogP contribution in [0.1, 0.15) is 34.1 Å². The molecule has 0 aromatic rings. The SMILES string of the molecule is CCOCC(=O)OCCC(C)(C)C. The molecule has 0 rings (SSSR count). The molecule has 0 unspecified atom stereocenters. The van der Waals surface area contributed by atoms with Crippen LogP contribution in [-0.4, -0.2) is 25.8 Å². The molecule has 78 valence electrons. The fourth-order valence-electron chi connectivity index (χ4n) is 0.698. The second kappa shape index (κ2) is 5.97. The van der Waals surface area contributed by atoms with Gasteiger partial charge in [0.15, 0.2) is 0 Å². The first kappa shape index (κ1) is 12.4. The smallest absolute Gasteiger partial charge is 0.332 e. The molecule has 0 atom stereocenters. The second-order valence-corrected chi connectivity index (χ2v) is 4.17. The summed E-state index contributed by atoms with van der Waals surface area (Å²) in [4.78, 5) is 10.9. The molecule has 0 saturated heterocycles. The highest BCUT2D eigenvalue weighted by Crippen LogP contribution is 2.17. The summed E-state index contributed by atoms with van der Waals surface area (Å²) in [5.41, 5.74) is 0.214. The lowest BCUT2D eigenvalue weighted by molar-refractivity contribution is -0.149. The van der Waals surface area contributed by atoms with Crippen molar-refractivity contribution < 1.29 is 14.3 Å². The van der Waals surface area contributed by atoms with Crippen molar-refractivity contribution in [2.45, 2.75) is 34.1 Å². The molecule has 0 fully saturated rings. The first-order chi connectivity index (χ1) is 5.95. The van der Waals surface area contributed by atoms with Crippen LogP contribution in [0.3, 0.4) is 0 Å². The molecule has 0 radical (unpaired) electrons. The molecule has 0 saturated carbocycles. The fourth-order valence-corrected chi connectivity index (χ4v) is 0.698. The summed E-state index contributed by atoms with van der Waals surface area (Å²) in [6, 6.07) is 0. The Morgan fingerprint density at radius 1 is 1.31 bits per heavy atom. The van der Waals surface area contributed by atoms with Crippen LogP contribution in [0.5, 0.6) is 0 Å². The Labute approximate surface area is 80.4 Å². The van der Waals surface area contributed by atoms with Crippen LogP contribution < -0.4 is 0 Å². The third-order valence-corrected chi connectivity index (χ3v) is 1.54. The van der Waals surface area contributed by atoms with E-state index in [0.717, 1.165) is 6.42 Å². The van der Waals surface area contributed by atoms with E-state index in [-0.39, 0.29) is 18.0 Å². The van der Waals surface area contributed by atoms with Crippen LogP contribution in [-0.2, 0) is 14.3 Å². The lowest BCUT2D eigenvalue weighted by Crippen LogP contribution is -2.16. The molecule has 0 aromatic carbocycles. The Morgan fingerprint density at radius 3 is 2.38 bits per heavy atom. The second-order valence-electron chi connectivity index (χ2n) is 4.17. The zero-order chi connectivity index (χ0) is 10.3.